The van der Waals surface area contributed by atoms with Crippen molar-refractivity contribution in [3.63, 3.8) is 0 Å². The zero-order valence-electron chi connectivity index (χ0n) is 11.1. The molecule has 2 fully saturated rings. The van der Waals surface area contributed by atoms with Crippen LogP contribution in [0, 0.1) is 5.41 Å². The molecule has 2 heteroatoms. The second kappa shape index (κ2) is 4.66. The van der Waals surface area contributed by atoms with E-state index in [9.17, 15) is 0 Å². The fourth-order valence-corrected chi connectivity index (χ4v) is 3.75. The molecule has 0 bridgehead atoms. The summed E-state index contributed by atoms with van der Waals surface area (Å²) in [6, 6.07) is 0. The molecule has 1 heterocycles. The van der Waals surface area contributed by atoms with Crippen LogP contribution in [0.2, 0.25) is 0 Å². The molecule has 0 amide bonds. The van der Waals surface area contributed by atoms with Gasteiger partial charge in [0.2, 0.25) is 0 Å². The van der Waals surface area contributed by atoms with Crippen LogP contribution in [0.4, 0.5) is 0 Å². The fourth-order valence-electron chi connectivity index (χ4n) is 3.75. The molecule has 0 aromatic rings. The first-order valence-corrected chi connectivity index (χ1v) is 7.13. The largest absolute Gasteiger partial charge is 0.324 e. The first-order chi connectivity index (χ1) is 7.61. The Morgan fingerprint density at radius 2 is 1.62 bits per heavy atom. The fraction of sp³-hybridized carbons (Fsp3) is 1.00. The Morgan fingerprint density at radius 3 is 2.00 bits per heavy atom. The van der Waals surface area contributed by atoms with Gasteiger partial charge in [-0.3, -0.25) is 0 Å². The van der Waals surface area contributed by atoms with Gasteiger partial charge in [0.05, 0.1) is 0 Å². The van der Waals surface area contributed by atoms with Crippen molar-refractivity contribution in [2.45, 2.75) is 64.3 Å². The maximum atomic E-state index is 6.31. The summed E-state index contributed by atoms with van der Waals surface area (Å²) >= 11 is 0. The van der Waals surface area contributed by atoms with Crippen LogP contribution in [-0.2, 0) is 0 Å². The minimum absolute atomic E-state index is 0.185. The molecule has 16 heavy (non-hydrogen) atoms. The highest BCUT2D eigenvalue weighted by molar-refractivity contribution is 5.01. The Kier molecular flexibility index (Phi) is 3.60. The van der Waals surface area contributed by atoms with Crippen LogP contribution in [0.1, 0.15) is 58.8 Å². The zero-order valence-corrected chi connectivity index (χ0v) is 11.1. The molecule has 0 aromatic carbocycles. The maximum absolute atomic E-state index is 6.31. The van der Waals surface area contributed by atoms with E-state index in [-0.39, 0.29) is 5.54 Å². The van der Waals surface area contributed by atoms with Crippen LogP contribution >= 0.6 is 0 Å². The van der Waals surface area contributed by atoms with Crippen LogP contribution in [0.25, 0.3) is 0 Å². The van der Waals surface area contributed by atoms with Crippen molar-refractivity contribution in [1.82, 2.24) is 4.90 Å². The summed E-state index contributed by atoms with van der Waals surface area (Å²) in [5.74, 6) is 0. The number of hydrogen-bond acceptors (Lipinski definition) is 2. The Labute approximate surface area is 101 Å². The molecular formula is C14H28N2. The van der Waals surface area contributed by atoms with Crippen molar-refractivity contribution >= 4 is 0 Å². The minimum atomic E-state index is 0.185. The Bertz CT molecular complexity index is 219. The van der Waals surface area contributed by atoms with Crippen molar-refractivity contribution in [1.29, 1.82) is 0 Å². The molecule has 0 aromatic heterocycles. The van der Waals surface area contributed by atoms with E-state index in [1.807, 2.05) is 0 Å². The van der Waals surface area contributed by atoms with Crippen molar-refractivity contribution in [3.8, 4) is 0 Å². The molecule has 2 aliphatic rings. The molecule has 2 N–H and O–H groups in total. The summed E-state index contributed by atoms with van der Waals surface area (Å²) in [5.41, 5.74) is 7.15. The van der Waals surface area contributed by atoms with Gasteiger partial charge in [0.15, 0.2) is 0 Å². The Balaban J connectivity index is 1.77. The van der Waals surface area contributed by atoms with E-state index >= 15 is 0 Å². The smallest absolute Gasteiger partial charge is 0.0283 e. The molecule has 1 saturated carbocycles. The molecule has 0 atom stereocenters. The average Bonchev–Trinajstić information content (AvgIpc) is 2.13. The Hall–Kier alpha value is -0.0800. The van der Waals surface area contributed by atoms with E-state index in [0.717, 1.165) is 6.54 Å². The SMILES string of the molecule is CCCC1(CCC)CN(CC2(N)CCC2)C1. The molecule has 94 valence electrons. The van der Waals surface area contributed by atoms with Crippen molar-refractivity contribution < 1.29 is 0 Å². The molecule has 1 aliphatic carbocycles. The normalized spacial score (nSPS) is 27.2. The van der Waals surface area contributed by atoms with Crippen LogP contribution in [0.3, 0.4) is 0 Å². The molecule has 0 unspecified atom stereocenters. The average molecular weight is 224 g/mol. The quantitative estimate of drug-likeness (QED) is 0.751. The second-order valence-corrected chi connectivity index (χ2v) is 6.36. The van der Waals surface area contributed by atoms with E-state index in [0.29, 0.717) is 5.41 Å². The van der Waals surface area contributed by atoms with Crippen LogP contribution in [0.5, 0.6) is 0 Å². The van der Waals surface area contributed by atoms with Crippen LogP contribution in [0.15, 0.2) is 0 Å². The molecule has 2 rings (SSSR count). The standard InChI is InChI=1S/C14H28N2/c1-3-6-13(7-4-2)10-16(11-13)12-14(15)8-5-9-14/h3-12,15H2,1-2H3. The van der Waals surface area contributed by atoms with Gasteiger partial charge < -0.3 is 10.6 Å². The second-order valence-electron chi connectivity index (χ2n) is 6.36. The highest BCUT2D eigenvalue weighted by Crippen LogP contribution is 2.41. The molecule has 0 radical (unpaired) electrons. The number of rotatable bonds is 6. The third-order valence-corrected chi connectivity index (χ3v) is 4.57. The highest BCUT2D eigenvalue weighted by Gasteiger charge is 2.44. The first kappa shape index (κ1) is 12.4. The summed E-state index contributed by atoms with van der Waals surface area (Å²) in [6.45, 7) is 8.41. The third-order valence-electron chi connectivity index (χ3n) is 4.57. The lowest BCUT2D eigenvalue weighted by Crippen LogP contribution is -2.64. The Morgan fingerprint density at radius 1 is 1.06 bits per heavy atom. The highest BCUT2D eigenvalue weighted by atomic mass is 15.2. The third kappa shape index (κ3) is 2.43. The van der Waals surface area contributed by atoms with Gasteiger partial charge in [0.1, 0.15) is 0 Å². The topological polar surface area (TPSA) is 29.3 Å². The van der Waals surface area contributed by atoms with Gasteiger partial charge in [0, 0.05) is 25.2 Å². The van der Waals surface area contributed by atoms with Crippen molar-refractivity contribution in [2.75, 3.05) is 19.6 Å². The predicted molar refractivity (Wildman–Crippen MR) is 69.5 cm³/mol. The van der Waals surface area contributed by atoms with Crippen LogP contribution in [-0.4, -0.2) is 30.1 Å². The predicted octanol–water partition coefficient (Wildman–Crippen LogP) is 2.77. The molecular weight excluding hydrogens is 196 g/mol. The lowest BCUT2D eigenvalue weighted by atomic mass is 9.70. The molecule has 1 saturated heterocycles. The van der Waals surface area contributed by atoms with E-state index in [1.54, 1.807) is 0 Å². The lowest BCUT2D eigenvalue weighted by Gasteiger charge is -2.54. The van der Waals surface area contributed by atoms with Gasteiger partial charge in [-0.1, -0.05) is 26.7 Å². The summed E-state index contributed by atoms with van der Waals surface area (Å²) in [5, 5.41) is 0. The molecule has 0 spiro atoms. The van der Waals surface area contributed by atoms with Gasteiger partial charge >= 0.3 is 0 Å². The summed E-state index contributed by atoms with van der Waals surface area (Å²) in [7, 11) is 0. The summed E-state index contributed by atoms with van der Waals surface area (Å²) in [4.78, 5) is 2.60. The molecule has 1 aliphatic heterocycles. The minimum Gasteiger partial charge on any atom is -0.324 e. The summed E-state index contributed by atoms with van der Waals surface area (Å²) in [6.07, 6.45) is 9.34. The number of nitrogens with zero attached hydrogens (tertiary/aromatic N) is 1. The number of nitrogens with two attached hydrogens (primary N) is 1. The van der Waals surface area contributed by atoms with Gasteiger partial charge in [-0.05, 0) is 37.5 Å². The number of hydrogen-bond donors (Lipinski definition) is 1. The van der Waals surface area contributed by atoms with Gasteiger partial charge in [0.25, 0.3) is 0 Å². The number of likely N-dealkylation sites (tertiary alicyclic amines) is 1. The van der Waals surface area contributed by atoms with Crippen LogP contribution < -0.4 is 5.73 Å². The van der Waals surface area contributed by atoms with Gasteiger partial charge in [-0.25, -0.2) is 0 Å². The lowest BCUT2D eigenvalue weighted by molar-refractivity contribution is -0.0367. The van der Waals surface area contributed by atoms with Crippen molar-refractivity contribution in [2.24, 2.45) is 11.1 Å². The zero-order chi connectivity index (χ0) is 11.6. The van der Waals surface area contributed by atoms with E-state index < -0.39 is 0 Å². The molecule has 2 nitrogen and oxygen atoms in total. The van der Waals surface area contributed by atoms with Gasteiger partial charge in [-0.15, -0.1) is 0 Å². The van der Waals surface area contributed by atoms with Gasteiger partial charge in [-0.2, -0.15) is 0 Å². The monoisotopic (exact) mass is 224 g/mol. The van der Waals surface area contributed by atoms with E-state index in [4.69, 9.17) is 5.73 Å². The summed E-state index contributed by atoms with van der Waals surface area (Å²) < 4.78 is 0. The maximum Gasteiger partial charge on any atom is 0.0283 e. The first-order valence-electron chi connectivity index (χ1n) is 7.13. The van der Waals surface area contributed by atoms with E-state index in [1.165, 1.54) is 58.0 Å². The van der Waals surface area contributed by atoms with Crippen molar-refractivity contribution in [3.05, 3.63) is 0 Å². The van der Waals surface area contributed by atoms with E-state index in [2.05, 4.69) is 18.7 Å².